The molecule has 7 heteroatoms. The van der Waals surface area contributed by atoms with Crippen LogP contribution in [0, 0.1) is 0 Å². The number of hydrogen-bond acceptors (Lipinski definition) is 4. The van der Waals surface area contributed by atoms with Gasteiger partial charge in [0.15, 0.2) is 0 Å². The van der Waals surface area contributed by atoms with Crippen LogP contribution < -0.4 is 11.1 Å². The number of carboxylic acid groups (broad SMARTS) is 1. The topological polar surface area (TPSA) is 92.4 Å². The molecule has 1 unspecified atom stereocenters. The molecule has 0 bridgehead atoms. The van der Waals surface area contributed by atoms with Crippen molar-refractivity contribution in [1.29, 1.82) is 0 Å². The van der Waals surface area contributed by atoms with E-state index in [0.29, 0.717) is 16.5 Å². The van der Waals surface area contributed by atoms with Crippen molar-refractivity contribution in [2.75, 3.05) is 11.6 Å². The Labute approximate surface area is 114 Å². The van der Waals surface area contributed by atoms with E-state index in [2.05, 4.69) is 5.32 Å². The SMILES string of the molecule is NC(CSCNC(=O)c1ccc(Cl)cc1)C(=O)O. The second-order valence-corrected chi connectivity index (χ2v) is 4.94. The third-order valence-corrected chi connectivity index (χ3v) is 3.25. The highest BCUT2D eigenvalue weighted by Gasteiger charge is 2.11. The van der Waals surface area contributed by atoms with Crippen LogP contribution in [0.15, 0.2) is 24.3 Å². The second-order valence-electron chi connectivity index (χ2n) is 3.47. The summed E-state index contributed by atoms with van der Waals surface area (Å²) in [4.78, 5) is 22.1. The lowest BCUT2D eigenvalue weighted by atomic mass is 10.2. The summed E-state index contributed by atoms with van der Waals surface area (Å²) < 4.78 is 0. The van der Waals surface area contributed by atoms with Gasteiger partial charge < -0.3 is 16.2 Å². The quantitative estimate of drug-likeness (QED) is 0.540. The first kappa shape index (κ1) is 14.8. The molecule has 0 spiro atoms. The number of aliphatic carboxylic acids is 1. The zero-order valence-electron chi connectivity index (χ0n) is 9.43. The summed E-state index contributed by atoms with van der Waals surface area (Å²) in [6.45, 7) is 0. The van der Waals surface area contributed by atoms with E-state index in [1.54, 1.807) is 24.3 Å². The van der Waals surface area contributed by atoms with Crippen molar-refractivity contribution < 1.29 is 14.7 Å². The van der Waals surface area contributed by atoms with Crippen LogP contribution in [0.1, 0.15) is 10.4 Å². The lowest BCUT2D eigenvalue weighted by Crippen LogP contribution is -2.33. The maximum absolute atomic E-state index is 11.6. The van der Waals surface area contributed by atoms with Gasteiger partial charge >= 0.3 is 5.97 Å². The number of hydrogen-bond donors (Lipinski definition) is 3. The van der Waals surface area contributed by atoms with Gasteiger partial charge in [0.05, 0.1) is 5.88 Å². The second kappa shape index (κ2) is 7.25. The summed E-state index contributed by atoms with van der Waals surface area (Å²) >= 11 is 6.95. The number of amides is 1. The summed E-state index contributed by atoms with van der Waals surface area (Å²) in [6.07, 6.45) is 0. The van der Waals surface area contributed by atoms with E-state index < -0.39 is 12.0 Å². The summed E-state index contributed by atoms with van der Waals surface area (Å²) in [6, 6.07) is 5.58. The van der Waals surface area contributed by atoms with Gasteiger partial charge in [0.25, 0.3) is 5.91 Å². The molecule has 0 saturated carbocycles. The van der Waals surface area contributed by atoms with E-state index >= 15 is 0 Å². The van der Waals surface area contributed by atoms with Gasteiger partial charge in [0, 0.05) is 16.3 Å². The number of nitrogens with two attached hydrogens (primary N) is 1. The fourth-order valence-electron chi connectivity index (χ4n) is 1.08. The molecule has 0 aliphatic carbocycles. The van der Waals surface area contributed by atoms with Gasteiger partial charge in [0.1, 0.15) is 6.04 Å². The van der Waals surface area contributed by atoms with Crippen LogP contribution in [0.2, 0.25) is 5.02 Å². The largest absolute Gasteiger partial charge is 0.480 e. The Kier molecular flexibility index (Phi) is 5.97. The fraction of sp³-hybridized carbons (Fsp3) is 0.273. The number of nitrogens with one attached hydrogen (secondary N) is 1. The van der Waals surface area contributed by atoms with Crippen molar-refractivity contribution in [3.63, 3.8) is 0 Å². The van der Waals surface area contributed by atoms with E-state index in [1.807, 2.05) is 0 Å². The summed E-state index contributed by atoms with van der Waals surface area (Å²) in [5.74, 6) is -0.729. The third kappa shape index (κ3) is 4.95. The van der Waals surface area contributed by atoms with Crippen LogP contribution in [0.25, 0.3) is 0 Å². The lowest BCUT2D eigenvalue weighted by molar-refractivity contribution is -0.137. The molecule has 0 aromatic heterocycles. The van der Waals surface area contributed by atoms with Gasteiger partial charge in [0.2, 0.25) is 0 Å². The Hall–Kier alpha value is -1.24. The molecule has 0 saturated heterocycles. The molecule has 5 nitrogen and oxygen atoms in total. The van der Waals surface area contributed by atoms with E-state index in [4.69, 9.17) is 22.4 Å². The molecule has 18 heavy (non-hydrogen) atoms. The van der Waals surface area contributed by atoms with Crippen molar-refractivity contribution >= 4 is 35.2 Å². The van der Waals surface area contributed by atoms with E-state index in [9.17, 15) is 9.59 Å². The Morgan fingerprint density at radius 3 is 2.56 bits per heavy atom. The molecule has 1 aromatic carbocycles. The number of rotatable bonds is 6. The van der Waals surface area contributed by atoms with Gasteiger partial charge in [-0.25, -0.2) is 0 Å². The van der Waals surface area contributed by atoms with E-state index in [1.165, 1.54) is 11.8 Å². The zero-order valence-corrected chi connectivity index (χ0v) is 11.0. The number of carbonyl (C=O) groups excluding carboxylic acids is 1. The first-order valence-electron chi connectivity index (χ1n) is 5.10. The van der Waals surface area contributed by atoms with Gasteiger partial charge in [-0.05, 0) is 24.3 Å². The molecule has 0 aliphatic rings. The molecule has 0 fully saturated rings. The first-order valence-corrected chi connectivity index (χ1v) is 6.64. The smallest absolute Gasteiger partial charge is 0.321 e. The van der Waals surface area contributed by atoms with Crippen molar-refractivity contribution in [1.82, 2.24) is 5.32 Å². The number of carbonyl (C=O) groups is 2. The average molecular weight is 289 g/mol. The molecule has 1 rings (SSSR count). The number of halogens is 1. The summed E-state index contributed by atoms with van der Waals surface area (Å²) in [7, 11) is 0. The zero-order chi connectivity index (χ0) is 13.5. The Balaban J connectivity index is 2.29. The summed E-state index contributed by atoms with van der Waals surface area (Å²) in [5.41, 5.74) is 5.82. The molecule has 98 valence electrons. The normalized spacial score (nSPS) is 11.9. The molecule has 0 radical (unpaired) electrons. The van der Waals surface area contributed by atoms with E-state index in [-0.39, 0.29) is 11.7 Å². The highest BCUT2D eigenvalue weighted by molar-refractivity contribution is 7.99. The van der Waals surface area contributed by atoms with Gasteiger partial charge in [-0.3, -0.25) is 9.59 Å². The number of benzene rings is 1. The summed E-state index contributed by atoms with van der Waals surface area (Å²) in [5, 5.41) is 11.8. The molecular weight excluding hydrogens is 276 g/mol. The highest BCUT2D eigenvalue weighted by Crippen LogP contribution is 2.09. The predicted octanol–water partition coefficient (Wildman–Crippen LogP) is 1.17. The van der Waals surface area contributed by atoms with Crippen LogP contribution in [0.4, 0.5) is 0 Å². The predicted molar refractivity (Wildman–Crippen MR) is 71.9 cm³/mol. The lowest BCUT2D eigenvalue weighted by Gasteiger charge is -2.07. The minimum atomic E-state index is -1.05. The standard InChI is InChI=1S/C11H13ClN2O3S/c12-8-3-1-7(2-4-8)10(15)14-6-18-5-9(13)11(16)17/h1-4,9H,5-6,13H2,(H,14,15)(H,16,17). The van der Waals surface area contributed by atoms with Gasteiger partial charge in [-0.15, -0.1) is 11.8 Å². The van der Waals surface area contributed by atoms with Crippen molar-refractivity contribution in [3.8, 4) is 0 Å². The maximum Gasteiger partial charge on any atom is 0.321 e. The molecule has 0 heterocycles. The Morgan fingerprint density at radius 1 is 1.39 bits per heavy atom. The highest BCUT2D eigenvalue weighted by atomic mass is 35.5. The Bertz CT molecular complexity index is 425. The van der Waals surface area contributed by atoms with E-state index in [0.717, 1.165) is 0 Å². The van der Waals surface area contributed by atoms with Crippen LogP contribution in [-0.4, -0.2) is 34.7 Å². The third-order valence-electron chi connectivity index (χ3n) is 2.06. The molecular formula is C11H13ClN2O3S. The van der Waals surface area contributed by atoms with Crippen molar-refractivity contribution in [2.45, 2.75) is 6.04 Å². The maximum atomic E-state index is 11.6. The Morgan fingerprint density at radius 2 is 2.00 bits per heavy atom. The fourth-order valence-corrected chi connectivity index (χ4v) is 1.95. The molecule has 0 aliphatic heterocycles. The van der Waals surface area contributed by atoms with Crippen LogP contribution in [0.5, 0.6) is 0 Å². The number of carboxylic acids is 1. The van der Waals surface area contributed by atoms with Gasteiger partial charge in [-0.1, -0.05) is 11.6 Å². The first-order chi connectivity index (χ1) is 8.50. The minimum absolute atomic E-state index is 0.233. The van der Waals surface area contributed by atoms with Crippen molar-refractivity contribution in [3.05, 3.63) is 34.9 Å². The van der Waals surface area contributed by atoms with Crippen molar-refractivity contribution in [2.24, 2.45) is 5.73 Å². The van der Waals surface area contributed by atoms with Gasteiger partial charge in [-0.2, -0.15) is 0 Å². The van der Waals surface area contributed by atoms with Crippen LogP contribution in [0.3, 0.4) is 0 Å². The molecule has 4 N–H and O–H groups in total. The van der Waals surface area contributed by atoms with Crippen LogP contribution >= 0.6 is 23.4 Å². The molecule has 1 aromatic rings. The minimum Gasteiger partial charge on any atom is -0.480 e. The average Bonchev–Trinajstić information content (AvgIpc) is 2.34. The monoisotopic (exact) mass is 288 g/mol. The molecule has 1 amide bonds. The number of thioether (sulfide) groups is 1. The van der Waals surface area contributed by atoms with Crippen LogP contribution in [-0.2, 0) is 4.79 Å². The molecule has 1 atom stereocenters.